The third-order valence-electron chi connectivity index (χ3n) is 0.570. The van der Waals surface area contributed by atoms with Gasteiger partial charge in [-0.3, -0.25) is 0 Å². The van der Waals surface area contributed by atoms with Gasteiger partial charge in [0.05, 0.1) is 5.22 Å². The summed E-state index contributed by atoms with van der Waals surface area (Å²) in [5.41, 5.74) is 0. The highest BCUT2D eigenvalue weighted by molar-refractivity contribution is 5.45. The predicted molar refractivity (Wildman–Crippen MR) is 23.7 cm³/mol. The van der Waals surface area contributed by atoms with Gasteiger partial charge in [0.1, 0.15) is 7.05 Å². The summed E-state index contributed by atoms with van der Waals surface area (Å²) >= 11 is 0. The Morgan fingerprint density at radius 2 is 2.43 bits per heavy atom. The van der Waals surface area contributed by atoms with Gasteiger partial charge in [0.25, 0.3) is 6.34 Å². The molecule has 0 saturated carbocycles. The van der Waals surface area contributed by atoms with Crippen LogP contribution in [0.2, 0.25) is 0 Å². The molecule has 0 aromatic carbocycles. The molecular weight excluding hydrogens is 94.1 g/mol. The van der Waals surface area contributed by atoms with Gasteiger partial charge in [0.2, 0.25) is 0 Å². The second kappa shape index (κ2) is 1.08. The van der Waals surface area contributed by atoms with Crippen LogP contribution in [0.15, 0.2) is 15.5 Å². The van der Waals surface area contributed by atoms with Crippen molar-refractivity contribution in [2.24, 2.45) is 21.4 Å². The molecule has 1 aliphatic rings. The molecule has 7 heavy (non-hydrogen) atoms. The molecule has 1 unspecified atom stereocenters. The monoisotopic (exact) mass is 100 g/mol. The summed E-state index contributed by atoms with van der Waals surface area (Å²) < 4.78 is -0.0833. The van der Waals surface area contributed by atoms with Crippen molar-refractivity contribution < 1.29 is 4.70 Å². The molecule has 1 heterocycles. The normalized spacial score (nSPS) is 37.4. The summed E-state index contributed by atoms with van der Waals surface area (Å²) in [7, 11) is 1.67. The average molecular weight is 100 g/mol. The maximum atomic E-state index is 5.31. The van der Waals surface area contributed by atoms with Gasteiger partial charge in [0.15, 0.2) is 0 Å². The molecule has 0 aliphatic carbocycles. The molecular formula is C2H6N5+. The molecule has 0 amide bonds. The van der Waals surface area contributed by atoms with Crippen molar-refractivity contribution in [3.05, 3.63) is 0 Å². The van der Waals surface area contributed by atoms with Gasteiger partial charge in [0, 0.05) is 5.22 Å². The third kappa shape index (κ3) is 0.787. The minimum Gasteiger partial charge on any atom is -0.146 e. The van der Waals surface area contributed by atoms with Crippen LogP contribution in [-0.4, -0.2) is 18.1 Å². The van der Waals surface area contributed by atoms with E-state index in [1.807, 2.05) is 0 Å². The molecule has 5 heteroatoms. The molecule has 5 nitrogen and oxygen atoms in total. The highest BCUT2D eigenvalue weighted by atomic mass is 15.9. The largest absolute Gasteiger partial charge is 0.259 e. The number of hydrogen-bond donors (Lipinski definition) is 1. The fraction of sp³-hybridized carbons (Fsp3) is 0.500. The van der Waals surface area contributed by atoms with E-state index in [-0.39, 0.29) is 4.70 Å². The number of hydrogen-bond acceptors (Lipinski definition) is 4. The van der Waals surface area contributed by atoms with Crippen LogP contribution in [0.4, 0.5) is 0 Å². The minimum atomic E-state index is -0.0833. The van der Waals surface area contributed by atoms with E-state index in [1.54, 1.807) is 7.05 Å². The lowest BCUT2D eigenvalue weighted by Gasteiger charge is -2.04. The van der Waals surface area contributed by atoms with Crippen LogP contribution in [-0.2, 0) is 0 Å². The third-order valence-corrected chi connectivity index (χ3v) is 0.570. The molecule has 0 aromatic rings. The molecule has 2 N–H and O–H groups in total. The van der Waals surface area contributed by atoms with E-state index in [9.17, 15) is 0 Å². The van der Waals surface area contributed by atoms with Gasteiger partial charge >= 0.3 is 0 Å². The van der Waals surface area contributed by atoms with Crippen molar-refractivity contribution in [3.8, 4) is 0 Å². The van der Waals surface area contributed by atoms with Crippen LogP contribution >= 0.6 is 0 Å². The SMILES string of the molecule is C[N+]1(N)C=NN=N1. The molecule has 0 aromatic heterocycles. The van der Waals surface area contributed by atoms with E-state index in [4.69, 9.17) is 5.84 Å². The lowest BCUT2D eigenvalue weighted by atomic mass is 11.0. The van der Waals surface area contributed by atoms with E-state index >= 15 is 0 Å². The Balaban J connectivity index is 2.77. The summed E-state index contributed by atoms with van der Waals surface area (Å²) in [5, 5.41) is 10.2. The predicted octanol–water partition coefficient (Wildman–Crippen LogP) is -0.369. The van der Waals surface area contributed by atoms with Crippen molar-refractivity contribution in [2.45, 2.75) is 0 Å². The first-order chi connectivity index (χ1) is 3.21. The van der Waals surface area contributed by atoms with Crippen molar-refractivity contribution in [1.82, 2.24) is 0 Å². The van der Waals surface area contributed by atoms with Crippen molar-refractivity contribution in [2.75, 3.05) is 7.05 Å². The summed E-state index contributed by atoms with van der Waals surface area (Å²) in [6.45, 7) is 0. The smallest absolute Gasteiger partial charge is 0.146 e. The van der Waals surface area contributed by atoms with Crippen LogP contribution < -0.4 is 5.84 Å². The topological polar surface area (TPSA) is 63.1 Å². The Hall–Kier alpha value is -0.810. The van der Waals surface area contributed by atoms with Crippen molar-refractivity contribution >= 4 is 6.34 Å². The van der Waals surface area contributed by atoms with E-state index in [1.165, 1.54) is 6.34 Å². The molecule has 0 fully saturated rings. The van der Waals surface area contributed by atoms with Gasteiger partial charge in [-0.1, -0.05) is 9.80 Å². The molecule has 0 radical (unpaired) electrons. The Morgan fingerprint density at radius 1 is 1.71 bits per heavy atom. The lowest BCUT2D eigenvalue weighted by molar-refractivity contribution is -0.834. The first-order valence-corrected chi connectivity index (χ1v) is 1.82. The van der Waals surface area contributed by atoms with E-state index in [2.05, 4.69) is 15.5 Å². The second-order valence-electron chi connectivity index (χ2n) is 1.51. The fourth-order valence-electron chi connectivity index (χ4n) is 0.260. The van der Waals surface area contributed by atoms with Crippen molar-refractivity contribution in [3.63, 3.8) is 0 Å². The van der Waals surface area contributed by atoms with Crippen LogP contribution in [0.25, 0.3) is 0 Å². The summed E-state index contributed by atoms with van der Waals surface area (Å²) in [4.78, 5) is 0. The van der Waals surface area contributed by atoms with Gasteiger partial charge in [-0.2, -0.15) is 0 Å². The number of nitrogens with zero attached hydrogens (tertiary/aromatic N) is 4. The minimum absolute atomic E-state index is 0.0833. The Morgan fingerprint density at radius 3 is 2.57 bits per heavy atom. The lowest BCUT2D eigenvalue weighted by Crippen LogP contribution is -2.41. The second-order valence-corrected chi connectivity index (χ2v) is 1.51. The van der Waals surface area contributed by atoms with Gasteiger partial charge in [-0.05, 0) is 0 Å². The summed E-state index contributed by atoms with van der Waals surface area (Å²) in [6.07, 6.45) is 1.43. The first kappa shape index (κ1) is 4.35. The zero-order valence-electron chi connectivity index (χ0n) is 3.94. The summed E-state index contributed by atoms with van der Waals surface area (Å²) in [5.74, 6) is 5.31. The highest BCUT2D eigenvalue weighted by Crippen LogP contribution is 1.96. The maximum absolute atomic E-state index is 5.31. The van der Waals surface area contributed by atoms with Crippen LogP contribution in [0.3, 0.4) is 0 Å². The fourth-order valence-corrected chi connectivity index (χ4v) is 0.260. The Bertz CT molecular complexity index is 108. The van der Waals surface area contributed by atoms with Gasteiger partial charge in [-0.25, -0.2) is 0 Å². The number of quaternary nitrogens is 1. The van der Waals surface area contributed by atoms with Crippen molar-refractivity contribution in [1.29, 1.82) is 0 Å². The van der Waals surface area contributed by atoms with Gasteiger partial charge < -0.3 is 0 Å². The highest BCUT2D eigenvalue weighted by Gasteiger charge is 2.15. The zero-order valence-corrected chi connectivity index (χ0v) is 3.94. The Kier molecular flexibility index (Phi) is 0.671. The van der Waals surface area contributed by atoms with E-state index in [0.717, 1.165) is 0 Å². The average Bonchev–Trinajstić information content (AvgIpc) is 1.84. The maximum Gasteiger partial charge on any atom is 0.259 e. The quantitative estimate of drug-likeness (QED) is 0.327. The molecule has 0 spiro atoms. The van der Waals surface area contributed by atoms with E-state index in [0.29, 0.717) is 0 Å². The molecule has 1 aliphatic heterocycles. The molecule has 38 valence electrons. The first-order valence-electron chi connectivity index (χ1n) is 1.82. The Labute approximate surface area is 40.7 Å². The zero-order chi connectivity index (χ0) is 5.33. The molecule has 0 saturated heterocycles. The van der Waals surface area contributed by atoms with Gasteiger partial charge in [-0.15, -0.1) is 5.84 Å². The van der Waals surface area contributed by atoms with Crippen LogP contribution in [0.5, 0.6) is 0 Å². The summed E-state index contributed by atoms with van der Waals surface area (Å²) in [6, 6.07) is 0. The molecule has 0 bridgehead atoms. The number of nitrogens with two attached hydrogens (primary N) is 1. The van der Waals surface area contributed by atoms with Crippen LogP contribution in [0.1, 0.15) is 0 Å². The van der Waals surface area contributed by atoms with E-state index < -0.39 is 0 Å². The number of rotatable bonds is 0. The van der Waals surface area contributed by atoms with Crippen LogP contribution in [0, 0.1) is 0 Å². The standard InChI is InChI=1S/C2H6N5/c1-7(3)2-4-5-6-7/h2H,3H2,1H3/q+1. The molecule has 1 atom stereocenters. The molecule has 1 rings (SSSR count).